The smallest absolute Gasteiger partial charge is 0.315 e. The van der Waals surface area contributed by atoms with Crippen LogP contribution in [0.1, 0.15) is 30.5 Å². The van der Waals surface area contributed by atoms with Gasteiger partial charge in [-0.3, -0.25) is 4.79 Å². The summed E-state index contributed by atoms with van der Waals surface area (Å²) in [6.07, 6.45) is 0. The molecule has 110 valence electrons. The lowest BCUT2D eigenvalue weighted by molar-refractivity contribution is -0.125. The van der Waals surface area contributed by atoms with Gasteiger partial charge in [0, 0.05) is 13.1 Å². The van der Waals surface area contributed by atoms with Crippen LogP contribution in [0.15, 0.2) is 18.2 Å². The molecule has 1 aromatic carbocycles. The summed E-state index contributed by atoms with van der Waals surface area (Å²) in [6, 6.07) is 5.78. The second-order valence-corrected chi connectivity index (χ2v) is 5.71. The number of hydrogen-bond donors (Lipinski definition) is 3. The first kappa shape index (κ1) is 16.0. The molecule has 0 unspecified atom stereocenters. The molecule has 0 fully saturated rings. The molecule has 1 aromatic rings. The summed E-state index contributed by atoms with van der Waals surface area (Å²) >= 11 is 0. The van der Waals surface area contributed by atoms with Gasteiger partial charge in [-0.05, 0) is 38.8 Å². The number of nitrogens with two attached hydrogens (primary N) is 1. The van der Waals surface area contributed by atoms with Crippen molar-refractivity contribution in [1.29, 1.82) is 0 Å². The molecule has 0 saturated carbocycles. The van der Waals surface area contributed by atoms with Crippen LogP contribution in [0.2, 0.25) is 0 Å². The van der Waals surface area contributed by atoms with Crippen LogP contribution in [0, 0.1) is 19.3 Å². The number of hydrogen-bond acceptors (Lipinski definition) is 2. The predicted octanol–water partition coefficient (Wildman–Crippen LogP) is 1.61. The number of benzene rings is 1. The van der Waals surface area contributed by atoms with E-state index in [2.05, 4.69) is 16.7 Å². The fraction of sp³-hybridized carbons (Fsp3) is 0.467. The van der Waals surface area contributed by atoms with Gasteiger partial charge in [0.25, 0.3) is 0 Å². The van der Waals surface area contributed by atoms with Gasteiger partial charge in [-0.25, -0.2) is 4.79 Å². The monoisotopic (exact) mass is 277 g/mol. The summed E-state index contributed by atoms with van der Waals surface area (Å²) < 4.78 is 0. The van der Waals surface area contributed by atoms with Crippen molar-refractivity contribution >= 4 is 11.9 Å². The van der Waals surface area contributed by atoms with E-state index in [9.17, 15) is 9.59 Å². The lowest BCUT2D eigenvalue weighted by atomic mass is 9.93. The number of amides is 3. The van der Waals surface area contributed by atoms with Gasteiger partial charge in [0.15, 0.2) is 0 Å². The van der Waals surface area contributed by atoms with E-state index in [0.29, 0.717) is 6.54 Å². The minimum absolute atomic E-state index is 0.209. The molecule has 0 aliphatic heterocycles. The van der Waals surface area contributed by atoms with E-state index in [0.717, 1.165) is 11.1 Å². The maximum atomic E-state index is 11.7. The molecule has 0 bridgehead atoms. The number of carbonyl (C=O) groups is 2. The number of aryl methyl sites for hydroxylation is 2. The molecule has 0 aromatic heterocycles. The maximum Gasteiger partial charge on any atom is 0.315 e. The number of primary amides is 1. The summed E-state index contributed by atoms with van der Waals surface area (Å²) in [5.74, 6) is -0.438. The normalized spacial score (nSPS) is 11.0. The Morgan fingerprint density at radius 3 is 2.40 bits per heavy atom. The Bertz CT molecular complexity index is 510. The Kier molecular flexibility index (Phi) is 5.13. The fourth-order valence-electron chi connectivity index (χ4n) is 1.67. The lowest BCUT2D eigenvalue weighted by Crippen LogP contribution is -2.45. The van der Waals surface area contributed by atoms with E-state index in [1.54, 1.807) is 13.8 Å². The first-order valence-electron chi connectivity index (χ1n) is 6.60. The van der Waals surface area contributed by atoms with E-state index in [1.165, 1.54) is 5.56 Å². The Balaban J connectivity index is 2.46. The van der Waals surface area contributed by atoms with Crippen LogP contribution in [0.5, 0.6) is 0 Å². The van der Waals surface area contributed by atoms with E-state index < -0.39 is 11.3 Å². The highest BCUT2D eigenvalue weighted by atomic mass is 16.2. The third kappa shape index (κ3) is 4.57. The summed E-state index contributed by atoms with van der Waals surface area (Å²) in [4.78, 5) is 22.8. The Labute approximate surface area is 119 Å². The van der Waals surface area contributed by atoms with Crippen LogP contribution in [0.4, 0.5) is 4.79 Å². The van der Waals surface area contributed by atoms with Gasteiger partial charge in [-0.1, -0.05) is 23.8 Å². The number of carbonyl (C=O) groups excluding carboxylic acids is 2. The summed E-state index contributed by atoms with van der Waals surface area (Å²) in [7, 11) is 0. The fourth-order valence-corrected chi connectivity index (χ4v) is 1.67. The molecule has 20 heavy (non-hydrogen) atoms. The van der Waals surface area contributed by atoms with E-state index in [4.69, 9.17) is 5.73 Å². The second-order valence-electron chi connectivity index (χ2n) is 5.71. The molecule has 1 rings (SSSR count). The largest absolute Gasteiger partial charge is 0.369 e. The van der Waals surface area contributed by atoms with Crippen molar-refractivity contribution in [3.05, 3.63) is 34.9 Å². The Hall–Kier alpha value is -2.04. The zero-order chi connectivity index (χ0) is 15.3. The Morgan fingerprint density at radius 1 is 1.20 bits per heavy atom. The van der Waals surface area contributed by atoms with E-state index in [1.807, 2.05) is 26.0 Å². The van der Waals surface area contributed by atoms with Crippen molar-refractivity contribution < 1.29 is 9.59 Å². The summed E-state index contributed by atoms with van der Waals surface area (Å²) in [5.41, 5.74) is 7.90. The molecular weight excluding hydrogens is 254 g/mol. The zero-order valence-corrected chi connectivity index (χ0v) is 12.5. The van der Waals surface area contributed by atoms with Crippen LogP contribution in [-0.2, 0) is 11.3 Å². The molecule has 3 amide bonds. The maximum absolute atomic E-state index is 11.7. The van der Waals surface area contributed by atoms with Crippen LogP contribution < -0.4 is 16.4 Å². The van der Waals surface area contributed by atoms with Gasteiger partial charge in [0.2, 0.25) is 5.91 Å². The van der Waals surface area contributed by atoms with Crippen molar-refractivity contribution in [2.75, 3.05) is 6.54 Å². The predicted molar refractivity (Wildman–Crippen MR) is 79.1 cm³/mol. The quantitative estimate of drug-likeness (QED) is 0.764. The minimum Gasteiger partial charge on any atom is -0.369 e. The molecule has 4 N–H and O–H groups in total. The molecule has 5 nitrogen and oxygen atoms in total. The van der Waals surface area contributed by atoms with Gasteiger partial charge in [0.05, 0.1) is 5.41 Å². The van der Waals surface area contributed by atoms with Gasteiger partial charge in [-0.2, -0.15) is 0 Å². The van der Waals surface area contributed by atoms with Crippen molar-refractivity contribution in [3.63, 3.8) is 0 Å². The zero-order valence-electron chi connectivity index (χ0n) is 12.5. The van der Waals surface area contributed by atoms with Crippen LogP contribution in [-0.4, -0.2) is 18.5 Å². The lowest BCUT2D eigenvalue weighted by Gasteiger charge is -2.20. The molecule has 0 radical (unpaired) electrons. The van der Waals surface area contributed by atoms with Gasteiger partial charge >= 0.3 is 6.03 Å². The second kappa shape index (κ2) is 6.41. The first-order chi connectivity index (χ1) is 9.22. The highest BCUT2D eigenvalue weighted by Gasteiger charge is 2.25. The SMILES string of the molecule is Cc1ccc(CNC(=O)NCC(C)(C)C(N)=O)c(C)c1. The van der Waals surface area contributed by atoms with E-state index >= 15 is 0 Å². The summed E-state index contributed by atoms with van der Waals surface area (Å²) in [5, 5.41) is 5.42. The highest BCUT2D eigenvalue weighted by molar-refractivity contribution is 5.81. The van der Waals surface area contributed by atoms with Crippen LogP contribution in [0.25, 0.3) is 0 Å². The number of nitrogens with one attached hydrogen (secondary N) is 2. The number of rotatable bonds is 5. The third-order valence-corrected chi connectivity index (χ3v) is 3.30. The highest BCUT2D eigenvalue weighted by Crippen LogP contribution is 2.12. The van der Waals surface area contributed by atoms with Crippen LogP contribution >= 0.6 is 0 Å². The molecule has 0 heterocycles. The summed E-state index contributed by atoms with van der Waals surface area (Å²) in [6.45, 7) is 8.09. The van der Waals surface area contributed by atoms with Gasteiger partial charge in [-0.15, -0.1) is 0 Å². The van der Waals surface area contributed by atoms with Crippen molar-refractivity contribution in [2.24, 2.45) is 11.1 Å². The third-order valence-electron chi connectivity index (χ3n) is 3.30. The molecule has 0 atom stereocenters. The average molecular weight is 277 g/mol. The molecule has 0 aliphatic carbocycles. The topological polar surface area (TPSA) is 84.2 Å². The van der Waals surface area contributed by atoms with Gasteiger partial charge in [0.1, 0.15) is 0 Å². The van der Waals surface area contributed by atoms with Crippen molar-refractivity contribution in [2.45, 2.75) is 34.2 Å². The first-order valence-corrected chi connectivity index (χ1v) is 6.60. The average Bonchev–Trinajstić information content (AvgIpc) is 2.35. The molecule has 5 heteroatoms. The molecule has 0 saturated heterocycles. The van der Waals surface area contributed by atoms with Crippen LogP contribution in [0.3, 0.4) is 0 Å². The molecule has 0 aliphatic rings. The minimum atomic E-state index is -0.753. The molecule has 0 spiro atoms. The standard InChI is InChI=1S/C15H23N3O2/c1-10-5-6-12(11(2)7-10)8-17-14(20)18-9-15(3,4)13(16)19/h5-7H,8-9H2,1-4H3,(H2,16,19)(H2,17,18,20). The van der Waals surface area contributed by atoms with Crippen molar-refractivity contribution in [1.82, 2.24) is 10.6 Å². The number of urea groups is 1. The molecular formula is C15H23N3O2. The van der Waals surface area contributed by atoms with Gasteiger partial charge < -0.3 is 16.4 Å². The Morgan fingerprint density at radius 2 is 1.85 bits per heavy atom. The van der Waals surface area contributed by atoms with Crippen molar-refractivity contribution in [3.8, 4) is 0 Å². The van der Waals surface area contributed by atoms with E-state index in [-0.39, 0.29) is 12.6 Å².